The molecule has 1 aromatic heterocycles. The number of rotatable bonds is 9. The molecule has 34 heavy (non-hydrogen) atoms. The number of carbonyl (C=O) groups excluding carboxylic acids is 3. The highest BCUT2D eigenvalue weighted by molar-refractivity contribution is 7.14. The van der Waals surface area contributed by atoms with Crippen LogP contribution in [0.1, 0.15) is 33.3 Å². The molecule has 0 saturated carbocycles. The van der Waals surface area contributed by atoms with Crippen LogP contribution in [0.2, 0.25) is 0 Å². The third kappa shape index (κ3) is 4.86. The minimum absolute atomic E-state index is 0.00838. The highest BCUT2D eigenvalue weighted by Gasteiger charge is 2.37. The Morgan fingerprint density at radius 2 is 1.97 bits per heavy atom. The average molecular weight is 484 g/mol. The van der Waals surface area contributed by atoms with Crippen LogP contribution in [-0.4, -0.2) is 53.3 Å². The largest absolute Gasteiger partial charge is 0.498 e. The maximum Gasteiger partial charge on any atom is 0.270 e. The topological polar surface area (TPSA) is 141 Å². The van der Waals surface area contributed by atoms with Gasteiger partial charge in [0.2, 0.25) is 5.91 Å². The van der Waals surface area contributed by atoms with Gasteiger partial charge in [-0.05, 0) is 19.1 Å². The average Bonchev–Trinajstić information content (AvgIpc) is 3.37. The minimum Gasteiger partial charge on any atom is -0.498 e. The van der Waals surface area contributed by atoms with Crippen LogP contribution in [0.4, 0.5) is 10.8 Å². The normalized spacial score (nSPS) is 13.9. The first kappa shape index (κ1) is 24.3. The van der Waals surface area contributed by atoms with Gasteiger partial charge in [-0.2, -0.15) is 0 Å². The summed E-state index contributed by atoms with van der Waals surface area (Å²) in [5, 5.41) is 15.4. The van der Waals surface area contributed by atoms with Crippen molar-refractivity contribution in [3.05, 3.63) is 80.8 Å². The second-order valence-corrected chi connectivity index (χ2v) is 7.76. The van der Waals surface area contributed by atoms with E-state index in [0.717, 1.165) is 28.4 Å². The number of allylic oxidation sites excluding steroid dienone is 4. The van der Waals surface area contributed by atoms with E-state index in [9.17, 15) is 24.5 Å². The van der Waals surface area contributed by atoms with E-state index in [2.05, 4.69) is 16.9 Å². The molecule has 0 atom stereocenters. The van der Waals surface area contributed by atoms with Gasteiger partial charge in [0, 0.05) is 23.1 Å². The summed E-state index contributed by atoms with van der Waals surface area (Å²) in [4.78, 5) is 52.9. The van der Waals surface area contributed by atoms with Crippen molar-refractivity contribution in [1.82, 2.24) is 9.88 Å². The van der Waals surface area contributed by atoms with Gasteiger partial charge < -0.3 is 14.8 Å². The summed E-state index contributed by atoms with van der Waals surface area (Å²) < 4.78 is 10.5. The van der Waals surface area contributed by atoms with E-state index in [1.807, 2.05) is 0 Å². The van der Waals surface area contributed by atoms with Crippen molar-refractivity contribution in [1.29, 1.82) is 0 Å². The number of non-ortho nitro benzene ring substituents is 1. The van der Waals surface area contributed by atoms with E-state index in [0.29, 0.717) is 22.8 Å². The SMILES string of the molecule is C=CC(=CC(OC)=C(C)OC)c1csc(NC(=O)CN2C(=O)c3ccc([N+](=O)[O-])cc3C2=O)n1. The summed E-state index contributed by atoms with van der Waals surface area (Å²) in [5.74, 6) is -1.10. The van der Waals surface area contributed by atoms with Crippen LogP contribution in [0.3, 0.4) is 0 Å². The first-order chi connectivity index (χ1) is 16.2. The summed E-state index contributed by atoms with van der Waals surface area (Å²) in [5.41, 5.74) is 0.709. The predicted octanol–water partition coefficient (Wildman–Crippen LogP) is 3.38. The van der Waals surface area contributed by atoms with E-state index in [1.165, 1.54) is 20.3 Å². The van der Waals surface area contributed by atoms with Crippen molar-refractivity contribution >= 4 is 45.5 Å². The minimum atomic E-state index is -0.775. The van der Waals surface area contributed by atoms with Gasteiger partial charge in [-0.25, -0.2) is 4.98 Å². The molecule has 12 heteroatoms. The number of fused-ring (bicyclic) bond motifs is 1. The van der Waals surface area contributed by atoms with E-state index in [4.69, 9.17) is 9.47 Å². The van der Waals surface area contributed by atoms with Crippen LogP contribution in [0.5, 0.6) is 0 Å². The van der Waals surface area contributed by atoms with Crippen LogP contribution < -0.4 is 5.32 Å². The third-order valence-corrected chi connectivity index (χ3v) is 5.65. The maximum atomic E-state index is 12.6. The highest BCUT2D eigenvalue weighted by Crippen LogP contribution is 2.27. The number of amides is 3. The summed E-state index contributed by atoms with van der Waals surface area (Å²) in [7, 11) is 3.01. The number of hydrogen-bond acceptors (Lipinski definition) is 9. The molecule has 1 aromatic carbocycles. The lowest BCUT2D eigenvalue weighted by Crippen LogP contribution is -2.37. The molecule has 0 aliphatic carbocycles. The predicted molar refractivity (Wildman–Crippen MR) is 124 cm³/mol. The molecule has 1 aliphatic heterocycles. The quantitative estimate of drug-likeness (QED) is 0.188. The number of ether oxygens (including phenoxy) is 2. The van der Waals surface area contributed by atoms with Crippen LogP contribution in [0.25, 0.3) is 5.57 Å². The fourth-order valence-corrected chi connectivity index (χ4v) is 3.82. The molecule has 0 saturated heterocycles. The van der Waals surface area contributed by atoms with Crippen molar-refractivity contribution in [3.63, 3.8) is 0 Å². The van der Waals surface area contributed by atoms with Crippen LogP contribution in [0, 0.1) is 10.1 Å². The fourth-order valence-electron chi connectivity index (χ4n) is 3.09. The maximum absolute atomic E-state index is 12.6. The van der Waals surface area contributed by atoms with E-state index in [-0.39, 0.29) is 21.9 Å². The second kappa shape index (κ2) is 10.1. The molecular weight excluding hydrogens is 464 g/mol. The summed E-state index contributed by atoms with van der Waals surface area (Å²) in [6, 6.07) is 3.36. The van der Waals surface area contributed by atoms with Gasteiger partial charge in [-0.15, -0.1) is 11.3 Å². The number of carbonyl (C=O) groups is 3. The third-order valence-electron chi connectivity index (χ3n) is 4.89. The number of nitro benzene ring substituents is 1. The zero-order chi connectivity index (χ0) is 25.0. The zero-order valence-electron chi connectivity index (χ0n) is 18.5. The smallest absolute Gasteiger partial charge is 0.270 e. The first-order valence-electron chi connectivity index (χ1n) is 9.73. The Kier molecular flexibility index (Phi) is 7.21. The number of methoxy groups -OCH3 is 2. The fraction of sp³-hybridized carbons (Fsp3) is 0.182. The Morgan fingerprint density at radius 3 is 2.59 bits per heavy atom. The van der Waals surface area contributed by atoms with Crippen LogP contribution in [0.15, 0.2) is 53.8 Å². The molecule has 3 amide bonds. The molecule has 176 valence electrons. The number of aromatic nitrogens is 1. The molecule has 2 aromatic rings. The molecule has 1 aliphatic rings. The Morgan fingerprint density at radius 1 is 1.26 bits per heavy atom. The number of imide groups is 1. The van der Waals surface area contributed by atoms with Gasteiger partial charge >= 0.3 is 0 Å². The number of nitro groups is 1. The van der Waals surface area contributed by atoms with Crippen LogP contribution >= 0.6 is 11.3 Å². The lowest BCUT2D eigenvalue weighted by Gasteiger charge is -2.12. The lowest BCUT2D eigenvalue weighted by molar-refractivity contribution is -0.384. The Hall–Kier alpha value is -4.32. The lowest BCUT2D eigenvalue weighted by atomic mass is 10.1. The van der Waals surface area contributed by atoms with Crippen molar-refractivity contribution in [2.45, 2.75) is 6.92 Å². The Labute approximate surface area is 198 Å². The number of nitrogens with one attached hydrogen (secondary N) is 1. The highest BCUT2D eigenvalue weighted by atomic mass is 32.1. The number of nitrogens with zero attached hydrogens (tertiary/aromatic N) is 3. The van der Waals surface area contributed by atoms with Crippen LogP contribution in [-0.2, 0) is 14.3 Å². The van der Waals surface area contributed by atoms with E-state index < -0.39 is 29.2 Å². The molecule has 11 nitrogen and oxygen atoms in total. The van der Waals surface area contributed by atoms with Crippen molar-refractivity contribution in [2.24, 2.45) is 0 Å². The van der Waals surface area contributed by atoms with Crippen molar-refractivity contribution < 1.29 is 28.8 Å². The molecule has 0 radical (unpaired) electrons. The Balaban J connectivity index is 1.73. The second-order valence-electron chi connectivity index (χ2n) is 6.90. The first-order valence-corrected chi connectivity index (χ1v) is 10.6. The number of hydrogen-bond donors (Lipinski definition) is 1. The van der Waals surface area contributed by atoms with Gasteiger partial charge in [0.25, 0.3) is 17.5 Å². The number of benzene rings is 1. The Bertz CT molecular complexity index is 1260. The van der Waals surface area contributed by atoms with Gasteiger partial charge in [0.1, 0.15) is 12.3 Å². The van der Waals surface area contributed by atoms with E-state index >= 15 is 0 Å². The summed E-state index contributed by atoms with van der Waals surface area (Å²) in [6.07, 6.45) is 3.26. The molecule has 0 bridgehead atoms. The molecule has 0 spiro atoms. The molecule has 1 N–H and O–H groups in total. The zero-order valence-corrected chi connectivity index (χ0v) is 19.3. The van der Waals surface area contributed by atoms with Crippen molar-refractivity contribution in [2.75, 3.05) is 26.1 Å². The van der Waals surface area contributed by atoms with Crippen molar-refractivity contribution in [3.8, 4) is 0 Å². The molecule has 2 heterocycles. The van der Waals surface area contributed by atoms with Gasteiger partial charge in [-0.1, -0.05) is 12.7 Å². The molecule has 3 rings (SSSR count). The van der Waals surface area contributed by atoms with Gasteiger partial charge in [0.05, 0.1) is 36.0 Å². The molecule has 0 unspecified atom stereocenters. The number of anilines is 1. The van der Waals surface area contributed by atoms with Gasteiger partial charge in [0.15, 0.2) is 10.9 Å². The monoisotopic (exact) mass is 484 g/mol. The summed E-state index contributed by atoms with van der Waals surface area (Å²) in [6.45, 7) is 4.94. The standard InChI is InChI=1S/C22H20N4O7S/c1-5-13(8-18(33-4)12(2)32-3)17-11-34-22(23-17)24-19(27)10-25-20(28)15-7-6-14(26(30)31)9-16(15)21(25)29/h5-9,11H,1,10H2,2-4H3,(H,23,24,27). The van der Waals surface area contributed by atoms with Gasteiger partial charge in [-0.3, -0.25) is 29.4 Å². The molecular formula is C22H20N4O7S. The number of thiazole rings is 1. The van der Waals surface area contributed by atoms with E-state index in [1.54, 1.807) is 24.5 Å². The summed E-state index contributed by atoms with van der Waals surface area (Å²) >= 11 is 1.14. The molecule has 0 fully saturated rings.